The minimum Gasteiger partial charge on any atom is -0.488 e. The van der Waals surface area contributed by atoms with E-state index in [0.717, 1.165) is 22.6 Å². The summed E-state index contributed by atoms with van der Waals surface area (Å²) in [5.74, 6) is 0.765. The Balaban J connectivity index is 0.000000338. The van der Waals surface area contributed by atoms with Crippen LogP contribution in [0.4, 0.5) is 15.9 Å². The molecule has 1 heterocycles. The fraction of sp³-hybridized carbons (Fsp3) is 0.214. The molecule has 8 heteroatoms. The zero-order chi connectivity index (χ0) is 26.1. The lowest BCUT2D eigenvalue weighted by atomic mass is 10.1. The number of nitrogens with one attached hydrogen (secondary N) is 1. The van der Waals surface area contributed by atoms with Crippen LogP contribution in [0.3, 0.4) is 0 Å². The quantitative estimate of drug-likeness (QED) is 0.256. The normalized spacial score (nSPS) is 10.5. The predicted molar refractivity (Wildman–Crippen MR) is 141 cm³/mol. The highest BCUT2D eigenvalue weighted by molar-refractivity contribution is 6.30. The van der Waals surface area contributed by atoms with Crippen molar-refractivity contribution in [3.8, 4) is 11.6 Å². The van der Waals surface area contributed by atoms with Crippen LogP contribution in [0.1, 0.15) is 29.8 Å². The number of hydrogen-bond donors (Lipinski definition) is 2. The summed E-state index contributed by atoms with van der Waals surface area (Å²) in [6.45, 7) is 5.69. The van der Waals surface area contributed by atoms with Gasteiger partial charge in [-0.3, -0.25) is 4.79 Å². The van der Waals surface area contributed by atoms with Gasteiger partial charge in [0.05, 0.1) is 12.7 Å². The maximum Gasteiger partial charge on any atom is 0.223 e. The van der Waals surface area contributed by atoms with Gasteiger partial charge in [0.15, 0.2) is 11.6 Å². The number of fused-ring (bicyclic) bond motifs is 1. The molecule has 1 aromatic heterocycles. The second-order valence-corrected chi connectivity index (χ2v) is 8.55. The van der Waals surface area contributed by atoms with Gasteiger partial charge in [0, 0.05) is 27.7 Å². The van der Waals surface area contributed by atoms with Crippen LogP contribution < -0.4 is 14.8 Å². The largest absolute Gasteiger partial charge is 0.488 e. The fourth-order valence-corrected chi connectivity index (χ4v) is 3.48. The molecule has 0 unspecified atom stereocenters. The molecule has 0 aliphatic rings. The van der Waals surface area contributed by atoms with Crippen LogP contribution in [0.2, 0.25) is 5.02 Å². The number of nitrogens with zero attached hydrogens (tertiary/aromatic N) is 1. The lowest BCUT2D eigenvalue weighted by molar-refractivity contribution is 0.112. The summed E-state index contributed by atoms with van der Waals surface area (Å²) in [5, 5.41) is 14.7. The number of halogens is 2. The first-order valence-electron chi connectivity index (χ1n) is 11.4. The molecule has 0 bridgehead atoms. The molecule has 3 aromatic carbocycles. The topological polar surface area (TPSA) is 80.7 Å². The van der Waals surface area contributed by atoms with E-state index in [2.05, 4.69) is 10.3 Å². The molecule has 0 amide bonds. The second-order valence-electron chi connectivity index (χ2n) is 8.11. The van der Waals surface area contributed by atoms with Crippen molar-refractivity contribution in [1.82, 2.24) is 4.98 Å². The van der Waals surface area contributed by atoms with Crippen molar-refractivity contribution in [3.05, 3.63) is 88.7 Å². The summed E-state index contributed by atoms with van der Waals surface area (Å²) in [5.41, 5.74) is 2.13. The summed E-state index contributed by atoms with van der Waals surface area (Å²) in [6, 6.07) is 19.2. The third-order valence-corrected chi connectivity index (χ3v) is 5.28. The van der Waals surface area contributed by atoms with Crippen LogP contribution in [0.15, 0.2) is 66.7 Å². The number of carbonyl (C=O) groups excluding carboxylic acids is 1. The van der Waals surface area contributed by atoms with Crippen molar-refractivity contribution in [2.75, 3.05) is 18.5 Å². The number of rotatable bonds is 8. The van der Waals surface area contributed by atoms with Gasteiger partial charge in [-0.05, 0) is 62.1 Å². The lowest BCUT2D eigenvalue weighted by Gasteiger charge is -2.16. The Kier molecular flexibility index (Phi) is 9.61. The van der Waals surface area contributed by atoms with Crippen molar-refractivity contribution in [3.63, 3.8) is 0 Å². The van der Waals surface area contributed by atoms with Crippen molar-refractivity contribution in [2.24, 2.45) is 0 Å². The Morgan fingerprint density at radius 1 is 1.08 bits per heavy atom. The smallest absolute Gasteiger partial charge is 0.223 e. The Hall–Kier alpha value is -3.68. The highest BCUT2D eigenvalue weighted by atomic mass is 35.5. The second kappa shape index (κ2) is 12.9. The number of carbonyl (C=O) groups is 1. The standard InChI is InChI=1S/C21H23FN2O3.C7H5ClO/c1-13(2)27-19-9-8-15(12-18(19)22)23-20-14(3)16-6-4-5-7-17(16)21(24-20)26-11-10-25;8-7-3-1-6(5-9)2-4-7/h4-9,12-13,25H,10-11H2,1-3H3,(H,23,24);1-5H. The molecule has 188 valence electrons. The molecule has 0 fully saturated rings. The van der Waals surface area contributed by atoms with E-state index in [9.17, 15) is 9.18 Å². The first kappa shape index (κ1) is 26.9. The highest BCUT2D eigenvalue weighted by Crippen LogP contribution is 2.33. The van der Waals surface area contributed by atoms with Gasteiger partial charge in [0.25, 0.3) is 0 Å². The van der Waals surface area contributed by atoms with E-state index in [4.69, 9.17) is 26.2 Å². The summed E-state index contributed by atoms with van der Waals surface area (Å²) in [4.78, 5) is 14.6. The monoisotopic (exact) mass is 510 g/mol. The number of aldehydes is 1. The van der Waals surface area contributed by atoms with E-state index in [1.165, 1.54) is 6.07 Å². The van der Waals surface area contributed by atoms with Crippen LogP contribution >= 0.6 is 11.6 Å². The van der Waals surface area contributed by atoms with Crippen molar-refractivity contribution in [2.45, 2.75) is 26.9 Å². The number of benzene rings is 3. The number of ether oxygens (including phenoxy) is 2. The maximum atomic E-state index is 14.3. The van der Waals surface area contributed by atoms with Gasteiger partial charge in [-0.1, -0.05) is 41.9 Å². The molecule has 0 radical (unpaired) electrons. The molecule has 0 spiro atoms. The molecule has 6 nitrogen and oxygen atoms in total. The van der Waals surface area contributed by atoms with Crippen LogP contribution in [0.25, 0.3) is 10.8 Å². The molecule has 0 saturated heterocycles. The summed E-state index contributed by atoms with van der Waals surface area (Å²) >= 11 is 5.55. The number of anilines is 2. The van der Waals surface area contributed by atoms with Crippen LogP contribution in [0.5, 0.6) is 11.6 Å². The average Bonchev–Trinajstić information content (AvgIpc) is 2.87. The maximum absolute atomic E-state index is 14.3. The molecule has 4 aromatic rings. The van der Waals surface area contributed by atoms with Crippen molar-refractivity contribution >= 4 is 40.2 Å². The zero-order valence-corrected chi connectivity index (χ0v) is 21.1. The molecular formula is C28H28ClFN2O4. The number of pyridine rings is 1. The Labute approximate surface area is 214 Å². The molecular weight excluding hydrogens is 483 g/mol. The van der Waals surface area contributed by atoms with E-state index < -0.39 is 5.82 Å². The van der Waals surface area contributed by atoms with Gasteiger partial charge in [-0.25, -0.2) is 4.39 Å². The van der Waals surface area contributed by atoms with E-state index >= 15 is 0 Å². The Morgan fingerprint density at radius 3 is 2.39 bits per heavy atom. The van der Waals surface area contributed by atoms with Gasteiger partial charge in [0.1, 0.15) is 18.7 Å². The van der Waals surface area contributed by atoms with Gasteiger partial charge < -0.3 is 19.9 Å². The zero-order valence-electron chi connectivity index (χ0n) is 20.3. The van der Waals surface area contributed by atoms with E-state index in [0.29, 0.717) is 28.0 Å². The number of aliphatic hydroxyl groups excluding tert-OH is 1. The molecule has 0 saturated carbocycles. The molecule has 0 aliphatic heterocycles. The number of aryl methyl sites for hydroxylation is 1. The molecule has 4 rings (SSSR count). The minimum absolute atomic E-state index is 0.102. The number of aromatic nitrogens is 1. The van der Waals surface area contributed by atoms with Crippen LogP contribution in [-0.4, -0.2) is 35.7 Å². The number of aliphatic hydroxyl groups is 1. The summed E-state index contributed by atoms with van der Waals surface area (Å²) in [7, 11) is 0. The predicted octanol–water partition coefficient (Wildman–Crippen LogP) is 6.74. The highest BCUT2D eigenvalue weighted by Gasteiger charge is 2.13. The van der Waals surface area contributed by atoms with E-state index in [-0.39, 0.29) is 25.1 Å². The van der Waals surface area contributed by atoms with Crippen molar-refractivity contribution in [1.29, 1.82) is 0 Å². The van der Waals surface area contributed by atoms with Gasteiger partial charge >= 0.3 is 0 Å². The molecule has 36 heavy (non-hydrogen) atoms. The molecule has 2 N–H and O–H groups in total. The summed E-state index contributed by atoms with van der Waals surface area (Å²) in [6.07, 6.45) is 0.685. The van der Waals surface area contributed by atoms with Gasteiger partial charge in [-0.15, -0.1) is 0 Å². The Bertz CT molecular complexity index is 1310. The average molecular weight is 511 g/mol. The van der Waals surface area contributed by atoms with Crippen LogP contribution in [0, 0.1) is 12.7 Å². The lowest BCUT2D eigenvalue weighted by Crippen LogP contribution is -2.08. The molecule has 0 atom stereocenters. The van der Waals surface area contributed by atoms with E-state index in [1.54, 1.807) is 36.4 Å². The van der Waals surface area contributed by atoms with Gasteiger partial charge in [0.2, 0.25) is 5.88 Å². The third kappa shape index (κ3) is 7.16. The Morgan fingerprint density at radius 2 is 1.78 bits per heavy atom. The molecule has 0 aliphatic carbocycles. The SMILES string of the molecule is Cc1c(Nc2ccc(OC(C)C)c(F)c2)nc(OCCO)c2ccccc12.O=Cc1ccc(Cl)cc1. The third-order valence-electron chi connectivity index (χ3n) is 5.02. The number of hydrogen-bond acceptors (Lipinski definition) is 6. The van der Waals surface area contributed by atoms with Crippen LogP contribution in [-0.2, 0) is 0 Å². The summed E-state index contributed by atoms with van der Waals surface area (Å²) < 4.78 is 25.3. The first-order valence-corrected chi connectivity index (χ1v) is 11.8. The first-order chi connectivity index (χ1) is 17.3. The van der Waals surface area contributed by atoms with E-state index in [1.807, 2.05) is 45.0 Å². The van der Waals surface area contributed by atoms with Gasteiger partial charge in [-0.2, -0.15) is 4.98 Å². The minimum atomic E-state index is -0.441. The van der Waals surface area contributed by atoms with Crippen molar-refractivity contribution < 1.29 is 23.8 Å². The fourth-order valence-electron chi connectivity index (χ4n) is 3.35.